The highest BCUT2D eigenvalue weighted by molar-refractivity contribution is 6.09. The van der Waals surface area contributed by atoms with Crippen molar-refractivity contribution in [2.24, 2.45) is 28.1 Å². The molecule has 0 spiro atoms. The first-order valence-electron chi connectivity index (χ1n) is 7.99. The smallest absolute Gasteiger partial charge is 0.237 e. The fraction of sp³-hybridized carbons (Fsp3) is 0.667. The molecule has 0 aromatic rings. The summed E-state index contributed by atoms with van der Waals surface area (Å²) in [5.41, 5.74) is -1.41. The Hall–Kier alpha value is -1.42. The quantitative estimate of drug-likeness (QED) is 0.625. The summed E-state index contributed by atoms with van der Waals surface area (Å²) in [6.45, 7) is 9.89. The highest BCUT2D eigenvalue weighted by atomic mass is 16.3. The molecular formula is C18H25NO3. The standard InChI is InChI=1S/C18H25NO3/c1-5-7-18-13(12-6-8-17(18,4)9-12)14(21)19(15(18)22)10-16(2,3)11-20/h5-6,8,12-13,20H,1,7,9-11H2,2-4H3. The summed E-state index contributed by atoms with van der Waals surface area (Å²) in [5, 5.41) is 9.49. The number of amides is 2. The van der Waals surface area contributed by atoms with Crippen LogP contribution in [0.2, 0.25) is 0 Å². The number of allylic oxidation sites excluding steroid dienone is 3. The Balaban J connectivity index is 2.04. The molecule has 120 valence electrons. The first kappa shape index (κ1) is 15.5. The van der Waals surface area contributed by atoms with Gasteiger partial charge in [-0.15, -0.1) is 6.58 Å². The SMILES string of the molecule is C=CCC12C(=O)N(CC(C)(C)CO)C(=O)C1C1C=CC2(C)C1. The van der Waals surface area contributed by atoms with E-state index in [2.05, 4.69) is 25.7 Å². The van der Waals surface area contributed by atoms with Crippen LogP contribution < -0.4 is 0 Å². The summed E-state index contributed by atoms with van der Waals surface area (Å²) in [6.07, 6.45) is 7.43. The maximum Gasteiger partial charge on any atom is 0.237 e. The summed E-state index contributed by atoms with van der Waals surface area (Å²) in [5.74, 6) is -0.240. The lowest BCUT2D eigenvalue weighted by molar-refractivity contribution is -0.145. The molecule has 3 aliphatic rings. The van der Waals surface area contributed by atoms with Crippen molar-refractivity contribution < 1.29 is 14.7 Å². The summed E-state index contributed by atoms with van der Waals surface area (Å²) < 4.78 is 0. The summed E-state index contributed by atoms with van der Waals surface area (Å²) in [4.78, 5) is 27.6. The fourth-order valence-corrected chi connectivity index (χ4v) is 4.83. The van der Waals surface area contributed by atoms with Crippen LogP contribution in [-0.2, 0) is 9.59 Å². The number of imide groups is 1. The van der Waals surface area contributed by atoms with E-state index in [1.807, 2.05) is 13.8 Å². The maximum absolute atomic E-state index is 13.2. The number of aliphatic hydroxyl groups is 1. The molecule has 2 amide bonds. The van der Waals surface area contributed by atoms with Crippen molar-refractivity contribution in [2.75, 3.05) is 13.2 Å². The fourth-order valence-electron chi connectivity index (χ4n) is 4.83. The van der Waals surface area contributed by atoms with Gasteiger partial charge in [0.05, 0.1) is 11.3 Å². The van der Waals surface area contributed by atoms with Crippen LogP contribution in [0.5, 0.6) is 0 Å². The normalized spacial score (nSPS) is 39.7. The van der Waals surface area contributed by atoms with Gasteiger partial charge in [-0.05, 0) is 18.8 Å². The second-order valence-corrected chi connectivity index (χ2v) is 8.14. The van der Waals surface area contributed by atoms with Crippen molar-refractivity contribution in [3.63, 3.8) is 0 Å². The third kappa shape index (κ3) is 1.67. The topological polar surface area (TPSA) is 57.6 Å². The van der Waals surface area contributed by atoms with Gasteiger partial charge in [0.1, 0.15) is 0 Å². The number of hydrogen-bond acceptors (Lipinski definition) is 3. The Labute approximate surface area is 131 Å². The van der Waals surface area contributed by atoms with Gasteiger partial charge in [-0.2, -0.15) is 0 Å². The number of nitrogens with zero attached hydrogens (tertiary/aromatic N) is 1. The van der Waals surface area contributed by atoms with E-state index >= 15 is 0 Å². The minimum absolute atomic E-state index is 0.0534. The molecule has 22 heavy (non-hydrogen) atoms. The van der Waals surface area contributed by atoms with Gasteiger partial charge >= 0.3 is 0 Å². The van der Waals surface area contributed by atoms with Crippen LogP contribution in [0.1, 0.15) is 33.6 Å². The molecule has 1 aliphatic heterocycles. The average molecular weight is 303 g/mol. The number of aliphatic hydroxyl groups excluding tert-OH is 1. The van der Waals surface area contributed by atoms with Crippen molar-refractivity contribution in [1.29, 1.82) is 0 Å². The van der Waals surface area contributed by atoms with Gasteiger partial charge in [-0.1, -0.05) is 39.0 Å². The van der Waals surface area contributed by atoms with Crippen LogP contribution in [0.3, 0.4) is 0 Å². The van der Waals surface area contributed by atoms with Crippen molar-refractivity contribution >= 4 is 11.8 Å². The van der Waals surface area contributed by atoms with E-state index in [1.54, 1.807) is 6.08 Å². The molecule has 0 radical (unpaired) electrons. The van der Waals surface area contributed by atoms with Crippen LogP contribution in [-0.4, -0.2) is 35.0 Å². The van der Waals surface area contributed by atoms with Crippen molar-refractivity contribution in [3.8, 4) is 0 Å². The highest BCUT2D eigenvalue weighted by Crippen LogP contribution is 2.68. The lowest BCUT2D eigenvalue weighted by atomic mass is 9.60. The summed E-state index contributed by atoms with van der Waals surface area (Å²) in [6, 6.07) is 0. The third-order valence-corrected chi connectivity index (χ3v) is 5.99. The minimum Gasteiger partial charge on any atom is -0.396 e. The molecule has 1 heterocycles. The van der Waals surface area contributed by atoms with E-state index in [9.17, 15) is 14.7 Å². The van der Waals surface area contributed by atoms with E-state index in [0.717, 1.165) is 6.42 Å². The molecule has 4 nitrogen and oxygen atoms in total. The van der Waals surface area contributed by atoms with E-state index in [1.165, 1.54) is 4.90 Å². The Morgan fingerprint density at radius 2 is 2.18 bits per heavy atom. The molecule has 4 unspecified atom stereocenters. The highest BCUT2D eigenvalue weighted by Gasteiger charge is 2.73. The molecule has 2 aliphatic carbocycles. The van der Waals surface area contributed by atoms with Crippen molar-refractivity contribution in [1.82, 2.24) is 4.90 Å². The predicted octanol–water partition coefficient (Wildman–Crippen LogP) is 2.15. The van der Waals surface area contributed by atoms with Crippen LogP contribution >= 0.6 is 0 Å². The first-order valence-corrected chi connectivity index (χ1v) is 7.99. The van der Waals surface area contributed by atoms with E-state index in [-0.39, 0.29) is 42.2 Å². The maximum atomic E-state index is 13.2. The van der Waals surface area contributed by atoms with Crippen LogP contribution in [0, 0.1) is 28.1 Å². The molecule has 4 heteroatoms. The third-order valence-electron chi connectivity index (χ3n) is 5.99. The number of rotatable bonds is 5. The van der Waals surface area contributed by atoms with Gasteiger partial charge in [0, 0.05) is 24.0 Å². The summed E-state index contributed by atoms with van der Waals surface area (Å²) >= 11 is 0. The van der Waals surface area contributed by atoms with Gasteiger partial charge in [-0.3, -0.25) is 14.5 Å². The molecule has 0 aromatic heterocycles. The van der Waals surface area contributed by atoms with Crippen LogP contribution in [0.25, 0.3) is 0 Å². The number of carbonyl (C=O) groups excluding carboxylic acids is 2. The average Bonchev–Trinajstić information content (AvgIpc) is 3.02. The van der Waals surface area contributed by atoms with E-state index in [0.29, 0.717) is 6.42 Å². The lowest BCUT2D eigenvalue weighted by Crippen LogP contribution is -2.47. The number of fused-ring (bicyclic) bond motifs is 5. The first-order chi connectivity index (χ1) is 10.2. The van der Waals surface area contributed by atoms with Gasteiger partial charge in [-0.25, -0.2) is 0 Å². The Morgan fingerprint density at radius 1 is 1.50 bits per heavy atom. The zero-order valence-corrected chi connectivity index (χ0v) is 13.6. The number of likely N-dealkylation sites (tertiary alicyclic amines) is 1. The van der Waals surface area contributed by atoms with Crippen LogP contribution in [0.15, 0.2) is 24.8 Å². The second-order valence-electron chi connectivity index (χ2n) is 8.14. The molecule has 1 N–H and O–H groups in total. The van der Waals surface area contributed by atoms with Gasteiger partial charge in [0.25, 0.3) is 0 Å². The molecule has 1 saturated heterocycles. The molecule has 0 aromatic carbocycles. The molecule has 2 fully saturated rings. The second kappa shape index (κ2) is 4.54. The molecule has 2 bridgehead atoms. The van der Waals surface area contributed by atoms with Gasteiger partial charge < -0.3 is 5.11 Å². The number of hydrogen-bond donors (Lipinski definition) is 1. The van der Waals surface area contributed by atoms with E-state index in [4.69, 9.17) is 0 Å². The largest absolute Gasteiger partial charge is 0.396 e. The zero-order valence-electron chi connectivity index (χ0n) is 13.6. The van der Waals surface area contributed by atoms with Gasteiger partial charge in [0.15, 0.2) is 0 Å². The molecule has 4 atom stereocenters. The zero-order chi connectivity index (χ0) is 16.3. The predicted molar refractivity (Wildman–Crippen MR) is 83.7 cm³/mol. The van der Waals surface area contributed by atoms with Crippen molar-refractivity contribution in [2.45, 2.75) is 33.6 Å². The molecule has 1 saturated carbocycles. The Kier molecular flexibility index (Phi) is 3.19. The van der Waals surface area contributed by atoms with Gasteiger partial charge in [0.2, 0.25) is 11.8 Å². The van der Waals surface area contributed by atoms with E-state index < -0.39 is 10.8 Å². The Morgan fingerprint density at radius 3 is 2.77 bits per heavy atom. The Bertz CT molecular complexity index is 579. The molecule has 3 rings (SSSR count). The van der Waals surface area contributed by atoms with Crippen molar-refractivity contribution in [3.05, 3.63) is 24.8 Å². The molecular weight excluding hydrogens is 278 g/mol. The minimum atomic E-state index is -0.670. The lowest BCUT2D eigenvalue weighted by Gasteiger charge is -2.40. The monoisotopic (exact) mass is 303 g/mol. The summed E-state index contributed by atoms with van der Waals surface area (Å²) in [7, 11) is 0. The van der Waals surface area contributed by atoms with Crippen LogP contribution in [0.4, 0.5) is 0 Å². The number of carbonyl (C=O) groups is 2.